The van der Waals surface area contributed by atoms with Gasteiger partial charge in [0, 0.05) is 23.8 Å². The Morgan fingerprint density at radius 1 is 1.07 bits per heavy atom. The molecule has 0 aliphatic rings. The van der Waals surface area contributed by atoms with Gasteiger partial charge in [-0.2, -0.15) is 0 Å². The molecular formula is C18H24ClN3O4S. The van der Waals surface area contributed by atoms with Crippen LogP contribution in [-0.4, -0.2) is 28.0 Å². The molecule has 0 spiro atoms. The van der Waals surface area contributed by atoms with Crippen LogP contribution in [0.5, 0.6) is 5.75 Å². The van der Waals surface area contributed by atoms with Crippen LogP contribution < -0.4 is 20.5 Å². The van der Waals surface area contributed by atoms with E-state index in [4.69, 9.17) is 10.5 Å². The van der Waals surface area contributed by atoms with Gasteiger partial charge in [-0.15, -0.1) is 12.4 Å². The largest absolute Gasteiger partial charge is 0.497 e. The Labute approximate surface area is 165 Å². The van der Waals surface area contributed by atoms with E-state index in [1.54, 1.807) is 62.6 Å². The van der Waals surface area contributed by atoms with Gasteiger partial charge in [-0.05, 0) is 42.0 Å². The van der Waals surface area contributed by atoms with Crippen molar-refractivity contribution >= 4 is 39.7 Å². The van der Waals surface area contributed by atoms with Crippen molar-refractivity contribution in [3.8, 4) is 5.75 Å². The number of sulfonamides is 1. The van der Waals surface area contributed by atoms with Crippen molar-refractivity contribution in [1.82, 2.24) is 0 Å². The third-order valence-electron chi connectivity index (χ3n) is 3.74. The topological polar surface area (TPSA) is 111 Å². The fourth-order valence-electron chi connectivity index (χ4n) is 2.15. The minimum absolute atomic E-state index is 0. The van der Waals surface area contributed by atoms with Gasteiger partial charge in [0.05, 0.1) is 12.9 Å². The molecule has 27 heavy (non-hydrogen) atoms. The molecule has 148 valence electrons. The summed E-state index contributed by atoms with van der Waals surface area (Å²) in [6, 6.07) is 13.3. The highest BCUT2D eigenvalue weighted by Crippen LogP contribution is 2.18. The van der Waals surface area contributed by atoms with Crippen molar-refractivity contribution in [2.75, 3.05) is 23.7 Å². The first-order chi connectivity index (χ1) is 12.3. The summed E-state index contributed by atoms with van der Waals surface area (Å²) in [7, 11) is -2.01. The highest BCUT2D eigenvalue weighted by molar-refractivity contribution is 7.91. The molecule has 7 nitrogen and oxygen atoms in total. The Bertz CT molecular complexity index is 840. The molecule has 2 rings (SSSR count). The van der Waals surface area contributed by atoms with Crippen LogP contribution in [0.25, 0.3) is 0 Å². The lowest BCUT2D eigenvalue weighted by Crippen LogP contribution is -2.26. The molecule has 2 aromatic carbocycles. The number of anilines is 2. The van der Waals surface area contributed by atoms with E-state index in [-0.39, 0.29) is 36.5 Å². The lowest BCUT2D eigenvalue weighted by molar-refractivity contribution is -0.119. The predicted molar refractivity (Wildman–Crippen MR) is 110 cm³/mol. The number of hydrogen-bond donors (Lipinski definition) is 3. The summed E-state index contributed by atoms with van der Waals surface area (Å²) in [5.41, 5.74) is 7.13. The minimum atomic E-state index is -3.56. The Balaban J connectivity index is 0.00000364. The standard InChI is InChI=1S/C18H23N3O4S.ClH/c1-13(11-19)18(22)20-15-5-3-14(4-6-15)12-26(23,24)21-16-7-9-17(25-2)10-8-16;/h3-10,13,21H,11-12,19H2,1-2H3,(H,20,22);1H. The quantitative estimate of drug-likeness (QED) is 0.616. The molecule has 9 heteroatoms. The number of amides is 1. The van der Waals surface area contributed by atoms with Crippen LogP contribution in [0.2, 0.25) is 0 Å². The average Bonchev–Trinajstić information content (AvgIpc) is 2.62. The summed E-state index contributed by atoms with van der Waals surface area (Å²) < 4.78 is 32.1. The zero-order valence-electron chi connectivity index (χ0n) is 15.1. The molecule has 1 unspecified atom stereocenters. The van der Waals surface area contributed by atoms with E-state index >= 15 is 0 Å². The van der Waals surface area contributed by atoms with Crippen molar-refractivity contribution in [2.45, 2.75) is 12.7 Å². The number of rotatable bonds is 8. The summed E-state index contributed by atoms with van der Waals surface area (Å²) in [6.45, 7) is 2.00. The monoisotopic (exact) mass is 413 g/mol. The van der Waals surface area contributed by atoms with Crippen LogP contribution in [0.4, 0.5) is 11.4 Å². The second-order valence-corrected chi connectivity index (χ2v) is 7.63. The number of nitrogens with one attached hydrogen (secondary N) is 2. The van der Waals surface area contributed by atoms with Crippen molar-refractivity contribution in [2.24, 2.45) is 11.7 Å². The van der Waals surface area contributed by atoms with E-state index in [1.165, 1.54) is 0 Å². The van der Waals surface area contributed by atoms with Crippen molar-refractivity contribution in [1.29, 1.82) is 0 Å². The van der Waals surface area contributed by atoms with Crippen molar-refractivity contribution in [3.63, 3.8) is 0 Å². The second kappa shape index (κ2) is 10.1. The summed E-state index contributed by atoms with van der Waals surface area (Å²) >= 11 is 0. The van der Waals surface area contributed by atoms with E-state index in [1.807, 2.05) is 0 Å². The highest BCUT2D eigenvalue weighted by atomic mass is 35.5. The molecule has 0 aliphatic heterocycles. The number of methoxy groups -OCH3 is 1. The van der Waals surface area contributed by atoms with Gasteiger partial charge in [0.2, 0.25) is 15.9 Å². The van der Waals surface area contributed by atoms with E-state index in [0.29, 0.717) is 22.7 Å². The van der Waals surface area contributed by atoms with Crippen molar-refractivity contribution < 1.29 is 17.9 Å². The highest BCUT2D eigenvalue weighted by Gasteiger charge is 2.13. The van der Waals surface area contributed by atoms with E-state index in [0.717, 1.165) is 0 Å². The number of benzene rings is 2. The molecule has 0 radical (unpaired) electrons. The normalized spacial score (nSPS) is 11.8. The second-order valence-electron chi connectivity index (χ2n) is 5.91. The minimum Gasteiger partial charge on any atom is -0.497 e. The molecule has 0 fully saturated rings. The SMILES string of the molecule is COc1ccc(NS(=O)(=O)Cc2ccc(NC(=O)C(C)CN)cc2)cc1.Cl. The van der Waals surface area contributed by atoms with Crippen LogP contribution in [-0.2, 0) is 20.6 Å². The van der Waals surface area contributed by atoms with Gasteiger partial charge >= 0.3 is 0 Å². The summed E-state index contributed by atoms with van der Waals surface area (Å²) in [4.78, 5) is 11.8. The zero-order chi connectivity index (χ0) is 19.2. The van der Waals surface area contributed by atoms with Crippen LogP contribution in [0.1, 0.15) is 12.5 Å². The lowest BCUT2D eigenvalue weighted by Gasteiger charge is -2.11. The Morgan fingerprint density at radius 3 is 2.15 bits per heavy atom. The maximum atomic E-state index is 12.3. The number of halogens is 1. The van der Waals surface area contributed by atoms with Gasteiger partial charge in [-0.1, -0.05) is 19.1 Å². The lowest BCUT2D eigenvalue weighted by atomic mass is 10.1. The molecule has 1 atom stereocenters. The van der Waals surface area contributed by atoms with Gasteiger partial charge in [0.25, 0.3) is 0 Å². The fourth-order valence-corrected chi connectivity index (χ4v) is 3.35. The van der Waals surface area contributed by atoms with E-state index in [9.17, 15) is 13.2 Å². The molecule has 0 aromatic heterocycles. The number of ether oxygens (including phenoxy) is 1. The number of hydrogen-bond acceptors (Lipinski definition) is 5. The van der Waals surface area contributed by atoms with Crippen molar-refractivity contribution in [3.05, 3.63) is 54.1 Å². The first kappa shape index (κ1) is 22.8. The smallest absolute Gasteiger partial charge is 0.236 e. The van der Waals surface area contributed by atoms with Crippen LogP contribution in [0.3, 0.4) is 0 Å². The van der Waals surface area contributed by atoms with E-state index < -0.39 is 10.0 Å². The maximum absolute atomic E-state index is 12.3. The third kappa shape index (κ3) is 7.09. The third-order valence-corrected chi connectivity index (χ3v) is 5.00. The molecule has 2 aromatic rings. The molecule has 0 saturated heterocycles. The number of carbonyl (C=O) groups is 1. The summed E-state index contributed by atoms with van der Waals surface area (Å²) in [5, 5.41) is 2.74. The van der Waals surface area contributed by atoms with Crippen LogP contribution >= 0.6 is 12.4 Å². The fraction of sp³-hybridized carbons (Fsp3) is 0.278. The predicted octanol–water partition coefficient (Wildman–Crippen LogP) is 2.59. The molecule has 4 N–H and O–H groups in total. The van der Waals surface area contributed by atoms with Gasteiger partial charge < -0.3 is 15.8 Å². The molecule has 0 bridgehead atoms. The van der Waals surface area contributed by atoms with E-state index in [2.05, 4.69) is 10.0 Å². The van der Waals surface area contributed by atoms with Gasteiger partial charge in [0.15, 0.2) is 0 Å². The first-order valence-electron chi connectivity index (χ1n) is 8.07. The van der Waals surface area contributed by atoms with Gasteiger partial charge in [-0.25, -0.2) is 8.42 Å². The van der Waals surface area contributed by atoms with Crippen LogP contribution in [0, 0.1) is 5.92 Å². The maximum Gasteiger partial charge on any atom is 0.236 e. The molecular weight excluding hydrogens is 390 g/mol. The Morgan fingerprint density at radius 2 is 1.63 bits per heavy atom. The Hall–Kier alpha value is -2.29. The Kier molecular flexibility index (Phi) is 8.55. The number of carbonyl (C=O) groups excluding carboxylic acids is 1. The molecule has 1 amide bonds. The molecule has 0 saturated carbocycles. The summed E-state index contributed by atoms with van der Waals surface area (Å²) in [6.07, 6.45) is 0. The number of nitrogens with two attached hydrogens (primary N) is 1. The van der Waals surface area contributed by atoms with Crippen LogP contribution in [0.15, 0.2) is 48.5 Å². The zero-order valence-corrected chi connectivity index (χ0v) is 16.8. The molecule has 0 heterocycles. The summed E-state index contributed by atoms with van der Waals surface area (Å²) in [5.74, 6) is 0.0132. The average molecular weight is 414 g/mol. The first-order valence-corrected chi connectivity index (χ1v) is 9.72. The molecule has 0 aliphatic carbocycles. The van der Waals surface area contributed by atoms with Gasteiger partial charge in [-0.3, -0.25) is 9.52 Å². The van der Waals surface area contributed by atoms with Gasteiger partial charge in [0.1, 0.15) is 5.75 Å².